The number of aliphatic hydroxyl groups is 1. The number of ether oxygens (including phenoxy) is 1. The summed E-state index contributed by atoms with van der Waals surface area (Å²) < 4.78 is 7.38. The van der Waals surface area contributed by atoms with Crippen molar-refractivity contribution in [2.45, 2.75) is 30.7 Å². The topological polar surface area (TPSA) is 85.1 Å². The van der Waals surface area contributed by atoms with Crippen molar-refractivity contribution in [1.82, 2.24) is 19.5 Å². The number of nitrogens with one attached hydrogen (secondary N) is 1. The normalized spacial score (nSPS) is 27.6. The molecular formula is C22H26ClN5O2. The predicted octanol–water partition coefficient (Wildman–Crippen LogP) is 3.29. The van der Waals surface area contributed by atoms with Crippen molar-refractivity contribution in [2.75, 3.05) is 25.6 Å². The molecule has 3 aromatic rings. The maximum atomic E-state index is 9.83. The maximum Gasteiger partial charge on any atom is 0.165 e. The van der Waals surface area contributed by atoms with Gasteiger partial charge < -0.3 is 19.7 Å². The average Bonchev–Trinajstić information content (AvgIpc) is 3.44. The maximum absolute atomic E-state index is 9.83. The first-order valence-corrected chi connectivity index (χ1v) is 10.9. The molecule has 5 rings (SSSR count). The highest BCUT2D eigenvalue weighted by molar-refractivity contribution is 6.21. The Balaban J connectivity index is 1.31. The molecule has 30 heavy (non-hydrogen) atoms. The molecule has 2 bridgehead atoms. The molecule has 0 aliphatic heterocycles. The predicted molar refractivity (Wildman–Crippen MR) is 116 cm³/mol. The van der Waals surface area contributed by atoms with Crippen LogP contribution < -0.4 is 10.1 Å². The van der Waals surface area contributed by atoms with Crippen molar-refractivity contribution >= 4 is 28.6 Å². The first kappa shape index (κ1) is 19.6. The van der Waals surface area contributed by atoms with Crippen LogP contribution in [0.15, 0.2) is 36.9 Å². The minimum atomic E-state index is 0.169. The van der Waals surface area contributed by atoms with E-state index in [0.29, 0.717) is 11.8 Å². The molecule has 2 aromatic heterocycles. The van der Waals surface area contributed by atoms with E-state index in [1.165, 1.54) is 5.56 Å². The van der Waals surface area contributed by atoms with Gasteiger partial charge in [-0.2, -0.15) is 0 Å². The zero-order valence-electron chi connectivity index (χ0n) is 16.9. The van der Waals surface area contributed by atoms with Gasteiger partial charge in [-0.05, 0) is 54.7 Å². The molecule has 8 heteroatoms. The number of aliphatic hydroxyl groups excluding tert-OH is 1. The number of methoxy groups -OCH3 is 1. The second-order valence-electron chi connectivity index (χ2n) is 8.30. The fourth-order valence-electron chi connectivity index (χ4n) is 5.35. The van der Waals surface area contributed by atoms with Crippen LogP contribution in [-0.2, 0) is 6.42 Å². The van der Waals surface area contributed by atoms with Gasteiger partial charge in [0.2, 0.25) is 0 Å². The van der Waals surface area contributed by atoms with Crippen LogP contribution in [0.3, 0.4) is 0 Å². The molecule has 3 unspecified atom stereocenters. The van der Waals surface area contributed by atoms with Gasteiger partial charge in [-0.3, -0.25) is 0 Å². The Morgan fingerprint density at radius 1 is 1.17 bits per heavy atom. The van der Waals surface area contributed by atoms with Crippen molar-refractivity contribution < 1.29 is 9.84 Å². The van der Waals surface area contributed by atoms with Crippen LogP contribution in [0.25, 0.3) is 11.2 Å². The number of nitrogens with zero attached hydrogens (tertiary/aromatic N) is 4. The smallest absolute Gasteiger partial charge is 0.165 e. The minimum Gasteiger partial charge on any atom is -0.497 e. The third-order valence-corrected chi connectivity index (χ3v) is 7.36. The van der Waals surface area contributed by atoms with Crippen LogP contribution in [0.2, 0.25) is 0 Å². The summed E-state index contributed by atoms with van der Waals surface area (Å²) in [5.41, 5.74) is 2.86. The molecule has 2 heterocycles. The molecule has 2 fully saturated rings. The lowest BCUT2D eigenvalue weighted by atomic mass is 9.94. The number of anilines is 1. The van der Waals surface area contributed by atoms with E-state index in [0.717, 1.165) is 48.5 Å². The molecule has 2 saturated carbocycles. The Labute approximate surface area is 180 Å². The average molecular weight is 428 g/mol. The minimum absolute atomic E-state index is 0.169. The van der Waals surface area contributed by atoms with Gasteiger partial charge in [-0.1, -0.05) is 12.1 Å². The van der Waals surface area contributed by atoms with Gasteiger partial charge in [0.25, 0.3) is 0 Å². The standard InChI is InChI=1S/C22H26ClN5O2/c1-30-14-4-2-13(3-5-14)6-7-24-21-20-22(26-11-25-21)28(12-27-20)19-9-15-17(10-29)16(19)8-18(15)23/h2-5,11-12,15-19,29H,6-10H2,1H3,(H,24,25,26)/t15?,16?,17?,18-,19-/m0/s1. The van der Waals surface area contributed by atoms with Crippen LogP contribution >= 0.6 is 11.6 Å². The summed E-state index contributed by atoms with van der Waals surface area (Å²) >= 11 is 6.50. The second-order valence-corrected chi connectivity index (χ2v) is 8.86. The first-order chi connectivity index (χ1) is 14.7. The second kappa shape index (κ2) is 8.04. The molecule has 7 nitrogen and oxygen atoms in total. The summed E-state index contributed by atoms with van der Waals surface area (Å²) in [5, 5.41) is 13.4. The number of hydrogen-bond acceptors (Lipinski definition) is 6. The molecule has 0 radical (unpaired) electrons. The zero-order chi connectivity index (χ0) is 20.7. The van der Waals surface area contributed by atoms with E-state index in [1.54, 1.807) is 13.4 Å². The largest absolute Gasteiger partial charge is 0.497 e. The Morgan fingerprint density at radius 3 is 2.73 bits per heavy atom. The highest BCUT2D eigenvalue weighted by Crippen LogP contribution is 2.56. The third kappa shape index (κ3) is 3.30. The highest BCUT2D eigenvalue weighted by atomic mass is 35.5. The Morgan fingerprint density at radius 2 is 2.00 bits per heavy atom. The van der Waals surface area contributed by atoms with E-state index in [2.05, 4.69) is 37.0 Å². The zero-order valence-corrected chi connectivity index (χ0v) is 17.7. The summed E-state index contributed by atoms with van der Waals surface area (Å²) in [6.45, 7) is 0.953. The number of imidazole rings is 1. The van der Waals surface area contributed by atoms with Crippen LogP contribution in [0, 0.1) is 17.8 Å². The van der Waals surface area contributed by atoms with Gasteiger partial charge in [-0.25, -0.2) is 15.0 Å². The van der Waals surface area contributed by atoms with Crippen molar-refractivity contribution in [3.8, 4) is 5.75 Å². The summed E-state index contributed by atoms with van der Waals surface area (Å²) in [7, 11) is 1.67. The Bertz CT molecular complexity index is 1020. The molecule has 2 aliphatic carbocycles. The molecule has 5 atom stereocenters. The van der Waals surface area contributed by atoms with Gasteiger partial charge in [0.15, 0.2) is 11.5 Å². The molecule has 2 aliphatic rings. The van der Waals surface area contributed by atoms with Crippen molar-refractivity contribution in [3.63, 3.8) is 0 Å². The Hall–Kier alpha value is -2.38. The van der Waals surface area contributed by atoms with Gasteiger partial charge in [0.1, 0.15) is 17.6 Å². The molecule has 2 N–H and O–H groups in total. The van der Waals surface area contributed by atoms with Crippen LogP contribution in [0.4, 0.5) is 5.82 Å². The van der Waals surface area contributed by atoms with Gasteiger partial charge in [0.05, 0.1) is 13.4 Å². The van der Waals surface area contributed by atoms with E-state index in [4.69, 9.17) is 16.3 Å². The first-order valence-electron chi connectivity index (χ1n) is 10.5. The SMILES string of the molecule is COc1ccc(CCNc2ncnc3c2ncn3[C@H]2CC3C(CO)C2C[C@@H]3Cl)cc1. The fraction of sp³-hybridized carbons (Fsp3) is 0.500. The summed E-state index contributed by atoms with van der Waals surface area (Å²) in [5.74, 6) is 2.64. The number of alkyl halides is 1. The van der Waals surface area contributed by atoms with Crippen LogP contribution in [0.5, 0.6) is 5.75 Å². The molecule has 0 saturated heterocycles. The van der Waals surface area contributed by atoms with Gasteiger partial charge in [0, 0.05) is 24.6 Å². The van der Waals surface area contributed by atoms with Crippen molar-refractivity contribution in [1.29, 1.82) is 0 Å². The highest BCUT2D eigenvalue weighted by Gasteiger charge is 2.53. The lowest BCUT2D eigenvalue weighted by molar-refractivity contribution is 0.185. The summed E-state index contributed by atoms with van der Waals surface area (Å²) in [6, 6.07) is 8.37. The third-order valence-electron chi connectivity index (χ3n) is 6.86. The molecule has 0 spiro atoms. The van der Waals surface area contributed by atoms with E-state index in [9.17, 15) is 5.11 Å². The van der Waals surface area contributed by atoms with Crippen LogP contribution in [0.1, 0.15) is 24.4 Å². The molecule has 158 valence electrons. The van der Waals surface area contributed by atoms with E-state index < -0.39 is 0 Å². The van der Waals surface area contributed by atoms with E-state index in [-0.39, 0.29) is 23.9 Å². The number of hydrogen-bond donors (Lipinski definition) is 2. The summed E-state index contributed by atoms with van der Waals surface area (Å²) in [6.07, 6.45) is 6.26. The molecule has 1 aromatic carbocycles. The number of halogens is 1. The summed E-state index contributed by atoms with van der Waals surface area (Å²) in [4.78, 5) is 13.6. The van der Waals surface area contributed by atoms with E-state index in [1.807, 2.05) is 18.5 Å². The lowest BCUT2D eigenvalue weighted by Gasteiger charge is -2.25. The quantitative estimate of drug-likeness (QED) is 0.563. The number of rotatable bonds is 7. The molecule has 0 amide bonds. The van der Waals surface area contributed by atoms with Gasteiger partial charge in [-0.15, -0.1) is 11.6 Å². The number of benzene rings is 1. The number of aromatic nitrogens is 4. The van der Waals surface area contributed by atoms with Crippen LogP contribution in [-0.4, -0.2) is 50.3 Å². The number of fused-ring (bicyclic) bond motifs is 3. The van der Waals surface area contributed by atoms with E-state index >= 15 is 0 Å². The Kier molecular flexibility index (Phi) is 5.25. The lowest BCUT2D eigenvalue weighted by Crippen LogP contribution is -2.21. The monoisotopic (exact) mass is 427 g/mol. The fourth-order valence-corrected chi connectivity index (χ4v) is 5.84. The molecular weight excluding hydrogens is 402 g/mol. The van der Waals surface area contributed by atoms with Crippen molar-refractivity contribution in [2.24, 2.45) is 17.8 Å². The van der Waals surface area contributed by atoms with Gasteiger partial charge >= 0.3 is 0 Å². The van der Waals surface area contributed by atoms with Crippen molar-refractivity contribution in [3.05, 3.63) is 42.5 Å².